The van der Waals surface area contributed by atoms with Gasteiger partial charge in [0.2, 0.25) is 0 Å². The second-order valence-electron chi connectivity index (χ2n) is 3.13. The van der Waals surface area contributed by atoms with E-state index in [1.54, 1.807) is 0 Å². The Hall–Kier alpha value is 0.170. The van der Waals surface area contributed by atoms with Crippen LogP contribution in [0.25, 0.3) is 0 Å². The number of unbranched alkanes of at least 4 members (excludes halogenated alkanes) is 1. The lowest BCUT2D eigenvalue weighted by Crippen LogP contribution is -2.39. The van der Waals surface area contributed by atoms with E-state index < -0.39 is 5.97 Å². The summed E-state index contributed by atoms with van der Waals surface area (Å²) in [7, 11) is 0. The molecular formula is C11H23ClO3. The molecule has 92 valence electrons. The van der Waals surface area contributed by atoms with Crippen LogP contribution >= 0.6 is 11.6 Å². The number of rotatable bonds is 10. The molecule has 0 fully saturated rings. The van der Waals surface area contributed by atoms with Crippen LogP contribution in [-0.4, -0.2) is 31.7 Å². The van der Waals surface area contributed by atoms with E-state index in [1.165, 1.54) is 0 Å². The van der Waals surface area contributed by atoms with Gasteiger partial charge in [0.25, 0.3) is 5.97 Å². The largest absolute Gasteiger partial charge is 0.328 e. The van der Waals surface area contributed by atoms with Crippen LogP contribution in [0, 0.1) is 0 Å². The first-order valence-electron chi connectivity index (χ1n) is 5.72. The van der Waals surface area contributed by atoms with Gasteiger partial charge in [-0.25, -0.2) is 0 Å². The molecular weight excluding hydrogens is 216 g/mol. The van der Waals surface area contributed by atoms with Crippen LogP contribution in [0.5, 0.6) is 0 Å². The minimum atomic E-state index is -0.857. The van der Waals surface area contributed by atoms with E-state index in [2.05, 4.69) is 0 Å². The Morgan fingerprint density at radius 2 is 1.33 bits per heavy atom. The quantitative estimate of drug-likeness (QED) is 0.332. The first-order valence-corrected chi connectivity index (χ1v) is 6.26. The van der Waals surface area contributed by atoms with Crippen molar-refractivity contribution in [2.24, 2.45) is 0 Å². The van der Waals surface area contributed by atoms with E-state index in [-0.39, 0.29) is 0 Å². The van der Waals surface area contributed by atoms with Gasteiger partial charge in [0.1, 0.15) is 0 Å². The van der Waals surface area contributed by atoms with Crippen LogP contribution < -0.4 is 0 Å². The molecule has 15 heavy (non-hydrogen) atoms. The minimum absolute atomic E-state index is 0.584. The molecule has 0 amide bonds. The second-order valence-corrected chi connectivity index (χ2v) is 3.51. The SMILES string of the molecule is CCOC(CCCCCl)(OCC)OCC. The number of ether oxygens (including phenoxy) is 3. The van der Waals surface area contributed by atoms with E-state index in [9.17, 15) is 0 Å². The van der Waals surface area contributed by atoms with Crippen molar-refractivity contribution in [3.05, 3.63) is 0 Å². The van der Waals surface area contributed by atoms with Gasteiger partial charge < -0.3 is 14.2 Å². The van der Waals surface area contributed by atoms with Gasteiger partial charge in [0.15, 0.2) is 0 Å². The molecule has 0 aliphatic rings. The number of halogens is 1. The van der Waals surface area contributed by atoms with Crippen molar-refractivity contribution in [3.63, 3.8) is 0 Å². The van der Waals surface area contributed by atoms with Gasteiger partial charge >= 0.3 is 0 Å². The molecule has 0 N–H and O–H groups in total. The Bertz CT molecular complexity index is 125. The van der Waals surface area contributed by atoms with Gasteiger partial charge in [-0.3, -0.25) is 0 Å². The number of hydrogen-bond acceptors (Lipinski definition) is 3. The van der Waals surface area contributed by atoms with Crippen molar-refractivity contribution in [3.8, 4) is 0 Å². The summed E-state index contributed by atoms with van der Waals surface area (Å²) in [5.41, 5.74) is 0. The fraction of sp³-hybridized carbons (Fsp3) is 1.00. The molecule has 0 saturated heterocycles. The Balaban J connectivity index is 4.18. The molecule has 0 heterocycles. The third-order valence-corrected chi connectivity index (χ3v) is 2.23. The Kier molecular flexibility index (Phi) is 9.51. The van der Waals surface area contributed by atoms with Crippen molar-refractivity contribution in [1.82, 2.24) is 0 Å². The summed E-state index contributed by atoms with van der Waals surface area (Å²) in [5.74, 6) is -0.190. The lowest BCUT2D eigenvalue weighted by molar-refractivity contribution is -0.380. The fourth-order valence-corrected chi connectivity index (χ4v) is 1.63. The van der Waals surface area contributed by atoms with E-state index in [4.69, 9.17) is 25.8 Å². The van der Waals surface area contributed by atoms with Gasteiger partial charge in [-0.05, 0) is 33.6 Å². The summed E-state index contributed by atoms with van der Waals surface area (Å²) < 4.78 is 16.7. The molecule has 3 nitrogen and oxygen atoms in total. The molecule has 0 aromatic rings. The highest BCUT2D eigenvalue weighted by Crippen LogP contribution is 2.23. The molecule has 0 spiro atoms. The van der Waals surface area contributed by atoms with E-state index >= 15 is 0 Å². The molecule has 0 atom stereocenters. The van der Waals surface area contributed by atoms with Crippen LogP contribution in [0.3, 0.4) is 0 Å². The van der Waals surface area contributed by atoms with Gasteiger partial charge in [0, 0.05) is 32.1 Å². The zero-order valence-electron chi connectivity index (χ0n) is 10.1. The number of hydrogen-bond donors (Lipinski definition) is 0. The molecule has 0 aromatic carbocycles. The first kappa shape index (κ1) is 15.2. The standard InChI is InChI=1S/C11H23ClO3/c1-4-13-11(14-5-2,15-6-3)9-7-8-10-12/h4-10H2,1-3H3. The van der Waals surface area contributed by atoms with Gasteiger partial charge in [-0.1, -0.05) is 0 Å². The summed E-state index contributed by atoms with van der Waals surface area (Å²) in [5, 5.41) is 0. The molecule has 0 aliphatic heterocycles. The molecule has 4 heteroatoms. The topological polar surface area (TPSA) is 27.7 Å². The highest BCUT2D eigenvalue weighted by Gasteiger charge is 2.31. The zero-order chi connectivity index (χ0) is 11.6. The first-order chi connectivity index (χ1) is 7.24. The lowest BCUT2D eigenvalue weighted by atomic mass is 10.2. The third kappa shape index (κ3) is 6.36. The van der Waals surface area contributed by atoms with Crippen molar-refractivity contribution >= 4 is 11.6 Å². The van der Waals surface area contributed by atoms with E-state index in [0.29, 0.717) is 25.7 Å². The van der Waals surface area contributed by atoms with E-state index in [1.807, 2.05) is 20.8 Å². The van der Waals surface area contributed by atoms with Crippen LogP contribution in [0.2, 0.25) is 0 Å². The predicted molar refractivity (Wildman–Crippen MR) is 62.2 cm³/mol. The number of alkyl halides is 1. The van der Waals surface area contributed by atoms with Crippen LogP contribution in [0.4, 0.5) is 0 Å². The minimum Gasteiger partial charge on any atom is -0.328 e. The molecule has 0 unspecified atom stereocenters. The maximum atomic E-state index is 5.64. The fourth-order valence-electron chi connectivity index (χ4n) is 1.44. The average Bonchev–Trinajstić information content (AvgIpc) is 2.19. The lowest BCUT2D eigenvalue weighted by Gasteiger charge is -2.32. The molecule has 0 aromatic heterocycles. The van der Waals surface area contributed by atoms with Crippen LogP contribution in [0.1, 0.15) is 40.0 Å². The van der Waals surface area contributed by atoms with Crippen molar-refractivity contribution < 1.29 is 14.2 Å². The average molecular weight is 239 g/mol. The molecule has 0 saturated carbocycles. The summed E-state index contributed by atoms with van der Waals surface area (Å²) in [6, 6.07) is 0. The van der Waals surface area contributed by atoms with Crippen LogP contribution in [-0.2, 0) is 14.2 Å². The van der Waals surface area contributed by atoms with Gasteiger partial charge in [-0.15, -0.1) is 11.6 Å². The maximum absolute atomic E-state index is 5.64. The predicted octanol–water partition coefficient (Wildman–Crippen LogP) is 3.16. The monoisotopic (exact) mass is 238 g/mol. The molecule has 0 bridgehead atoms. The normalized spacial score (nSPS) is 12.0. The van der Waals surface area contributed by atoms with Gasteiger partial charge in [0.05, 0.1) is 0 Å². The zero-order valence-corrected chi connectivity index (χ0v) is 10.8. The summed E-state index contributed by atoms with van der Waals surface area (Å²) in [6.07, 6.45) is 2.63. The Morgan fingerprint density at radius 3 is 1.67 bits per heavy atom. The summed E-state index contributed by atoms with van der Waals surface area (Å²) in [4.78, 5) is 0. The highest BCUT2D eigenvalue weighted by molar-refractivity contribution is 6.17. The van der Waals surface area contributed by atoms with Gasteiger partial charge in [-0.2, -0.15) is 0 Å². The molecule has 0 radical (unpaired) electrons. The Labute approximate surface area is 98.0 Å². The second kappa shape index (κ2) is 9.40. The highest BCUT2D eigenvalue weighted by atomic mass is 35.5. The van der Waals surface area contributed by atoms with E-state index in [0.717, 1.165) is 19.3 Å². The summed E-state index contributed by atoms with van der Waals surface area (Å²) >= 11 is 5.64. The Morgan fingerprint density at radius 1 is 0.867 bits per heavy atom. The third-order valence-electron chi connectivity index (χ3n) is 1.96. The molecule has 0 aliphatic carbocycles. The molecule has 0 rings (SSSR count). The van der Waals surface area contributed by atoms with Crippen molar-refractivity contribution in [1.29, 1.82) is 0 Å². The smallest absolute Gasteiger partial charge is 0.282 e. The van der Waals surface area contributed by atoms with Crippen molar-refractivity contribution in [2.45, 2.75) is 46.0 Å². The summed E-state index contributed by atoms with van der Waals surface area (Å²) in [6.45, 7) is 7.57. The maximum Gasteiger partial charge on any atom is 0.282 e. The van der Waals surface area contributed by atoms with Crippen molar-refractivity contribution in [2.75, 3.05) is 25.7 Å². The van der Waals surface area contributed by atoms with Crippen LogP contribution in [0.15, 0.2) is 0 Å².